The molecule has 1 saturated heterocycles. The van der Waals surface area contributed by atoms with Gasteiger partial charge in [0.05, 0.1) is 0 Å². The average Bonchev–Trinajstić information content (AvgIpc) is 2.38. The maximum Gasteiger partial charge on any atom is 0.0286 e. The van der Waals surface area contributed by atoms with E-state index in [-0.39, 0.29) is 5.54 Å². The lowest BCUT2D eigenvalue weighted by atomic mass is 9.74. The Morgan fingerprint density at radius 1 is 1.05 bits per heavy atom. The van der Waals surface area contributed by atoms with Crippen LogP contribution in [-0.2, 0) is 0 Å². The fourth-order valence-corrected chi connectivity index (χ4v) is 5.17. The van der Waals surface area contributed by atoms with Crippen molar-refractivity contribution in [1.82, 2.24) is 4.90 Å². The molecule has 2 unspecified atom stereocenters. The van der Waals surface area contributed by atoms with E-state index in [2.05, 4.69) is 11.8 Å². The third-order valence-electron chi connectivity index (χ3n) is 6.00. The van der Waals surface area contributed by atoms with Crippen molar-refractivity contribution in [2.45, 2.75) is 82.7 Å². The van der Waals surface area contributed by atoms with Gasteiger partial charge in [-0.1, -0.05) is 32.6 Å². The van der Waals surface area contributed by atoms with Gasteiger partial charge in [0.15, 0.2) is 0 Å². The van der Waals surface area contributed by atoms with Gasteiger partial charge in [-0.05, 0) is 56.9 Å². The number of hydrogen-bond donors (Lipinski definition) is 1. The number of nitrogens with two attached hydrogens (primary N) is 1. The standard InChI is InChI=1S/C17H32N2/c1-14-6-4-10-17(18,12-14)13-19-11-5-8-15-7-2-3-9-16(15)19/h14-16H,2-13,18H2,1H3/t14?,15-,16-,17?/m1/s1. The average molecular weight is 264 g/mol. The molecule has 2 saturated carbocycles. The number of piperidine rings is 1. The molecule has 3 fully saturated rings. The molecule has 1 aliphatic heterocycles. The molecular formula is C17H32N2. The molecule has 1 heterocycles. The predicted molar refractivity (Wildman–Crippen MR) is 81.1 cm³/mol. The molecule has 19 heavy (non-hydrogen) atoms. The summed E-state index contributed by atoms with van der Waals surface area (Å²) in [6.45, 7) is 4.88. The van der Waals surface area contributed by atoms with Crippen LogP contribution >= 0.6 is 0 Å². The van der Waals surface area contributed by atoms with Crippen molar-refractivity contribution in [3.05, 3.63) is 0 Å². The molecule has 2 heteroatoms. The Morgan fingerprint density at radius 3 is 2.68 bits per heavy atom. The van der Waals surface area contributed by atoms with Gasteiger partial charge in [0, 0.05) is 18.1 Å². The van der Waals surface area contributed by atoms with Crippen molar-refractivity contribution in [2.75, 3.05) is 13.1 Å². The molecule has 3 rings (SSSR count). The number of hydrogen-bond acceptors (Lipinski definition) is 2. The molecule has 0 aromatic heterocycles. The van der Waals surface area contributed by atoms with Gasteiger partial charge in [-0.2, -0.15) is 0 Å². The third-order valence-corrected chi connectivity index (χ3v) is 6.00. The molecule has 4 atom stereocenters. The van der Waals surface area contributed by atoms with E-state index < -0.39 is 0 Å². The third kappa shape index (κ3) is 3.16. The summed E-state index contributed by atoms with van der Waals surface area (Å²) in [4.78, 5) is 2.80. The van der Waals surface area contributed by atoms with Crippen molar-refractivity contribution < 1.29 is 0 Å². The van der Waals surface area contributed by atoms with Gasteiger partial charge in [0.1, 0.15) is 0 Å². The van der Waals surface area contributed by atoms with Gasteiger partial charge in [0.2, 0.25) is 0 Å². The first-order valence-corrected chi connectivity index (χ1v) is 8.69. The lowest BCUT2D eigenvalue weighted by Gasteiger charge is -2.48. The van der Waals surface area contributed by atoms with Crippen LogP contribution in [0.2, 0.25) is 0 Å². The second kappa shape index (κ2) is 5.73. The molecule has 0 radical (unpaired) electrons. The first kappa shape index (κ1) is 13.9. The highest BCUT2D eigenvalue weighted by atomic mass is 15.2. The fourth-order valence-electron chi connectivity index (χ4n) is 5.17. The maximum atomic E-state index is 6.76. The summed E-state index contributed by atoms with van der Waals surface area (Å²) < 4.78 is 0. The zero-order valence-corrected chi connectivity index (χ0v) is 12.7. The summed E-state index contributed by atoms with van der Waals surface area (Å²) in [5, 5.41) is 0. The van der Waals surface area contributed by atoms with Gasteiger partial charge < -0.3 is 5.73 Å². The first-order chi connectivity index (χ1) is 9.16. The number of nitrogens with zero attached hydrogens (tertiary/aromatic N) is 1. The van der Waals surface area contributed by atoms with E-state index in [1.807, 2.05) is 0 Å². The van der Waals surface area contributed by atoms with Crippen LogP contribution in [-0.4, -0.2) is 29.6 Å². The lowest BCUT2D eigenvalue weighted by Crippen LogP contribution is -2.57. The summed E-state index contributed by atoms with van der Waals surface area (Å²) in [6, 6.07) is 0.875. The number of likely N-dealkylation sites (tertiary alicyclic amines) is 1. The molecule has 0 aromatic rings. The summed E-state index contributed by atoms with van der Waals surface area (Å²) in [7, 11) is 0. The fraction of sp³-hybridized carbons (Fsp3) is 1.00. The Labute approximate surface area is 119 Å². The minimum Gasteiger partial charge on any atom is -0.324 e. The SMILES string of the molecule is CC1CCCC(N)(CN2CCC[C@H]3CCCC[C@H]32)C1. The molecule has 2 nitrogen and oxygen atoms in total. The monoisotopic (exact) mass is 264 g/mol. The Bertz CT molecular complexity index is 302. The van der Waals surface area contributed by atoms with E-state index >= 15 is 0 Å². The Morgan fingerprint density at radius 2 is 1.84 bits per heavy atom. The first-order valence-electron chi connectivity index (χ1n) is 8.69. The molecule has 110 valence electrons. The largest absolute Gasteiger partial charge is 0.324 e. The van der Waals surface area contributed by atoms with Crippen molar-refractivity contribution in [1.29, 1.82) is 0 Å². The summed E-state index contributed by atoms with van der Waals surface area (Å²) >= 11 is 0. The predicted octanol–water partition coefficient (Wildman–Crippen LogP) is 3.55. The molecule has 0 amide bonds. The van der Waals surface area contributed by atoms with Gasteiger partial charge in [-0.3, -0.25) is 4.90 Å². The molecule has 0 spiro atoms. The minimum atomic E-state index is 0.122. The Kier molecular flexibility index (Phi) is 4.19. The van der Waals surface area contributed by atoms with Crippen LogP contribution in [0.3, 0.4) is 0 Å². The van der Waals surface area contributed by atoms with Crippen LogP contribution in [0.15, 0.2) is 0 Å². The van der Waals surface area contributed by atoms with Gasteiger partial charge in [0.25, 0.3) is 0 Å². The van der Waals surface area contributed by atoms with Crippen molar-refractivity contribution >= 4 is 0 Å². The molecule has 0 bridgehead atoms. The normalized spacial score (nSPS) is 44.8. The zero-order valence-electron chi connectivity index (χ0n) is 12.7. The van der Waals surface area contributed by atoms with Crippen LogP contribution in [0.4, 0.5) is 0 Å². The molecule has 2 aliphatic carbocycles. The van der Waals surface area contributed by atoms with Crippen LogP contribution in [0.25, 0.3) is 0 Å². The van der Waals surface area contributed by atoms with E-state index in [4.69, 9.17) is 5.73 Å². The quantitative estimate of drug-likeness (QED) is 0.826. The highest BCUT2D eigenvalue weighted by Gasteiger charge is 2.38. The van der Waals surface area contributed by atoms with Crippen molar-refractivity contribution in [3.63, 3.8) is 0 Å². The Balaban J connectivity index is 1.64. The number of fused-ring (bicyclic) bond motifs is 1. The minimum absolute atomic E-state index is 0.122. The lowest BCUT2D eigenvalue weighted by molar-refractivity contribution is 0.0314. The smallest absolute Gasteiger partial charge is 0.0286 e. The van der Waals surface area contributed by atoms with Crippen LogP contribution in [0.1, 0.15) is 71.1 Å². The number of rotatable bonds is 2. The van der Waals surface area contributed by atoms with Gasteiger partial charge >= 0.3 is 0 Å². The highest BCUT2D eigenvalue weighted by molar-refractivity contribution is 4.96. The van der Waals surface area contributed by atoms with E-state index in [1.54, 1.807) is 0 Å². The van der Waals surface area contributed by atoms with Crippen LogP contribution < -0.4 is 5.73 Å². The summed E-state index contributed by atoms with van der Waals surface area (Å²) in [5.41, 5.74) is 6.88. The zero-order chi connectivity index (χ0) is 13.3. The highest BCUT2D eigenvalue weighted by Crippen LogP contribution is 2.38. The molecule has 0 aromatic carbocycles. The molecule has 2 N–H and O–H groups in total. The summed E-state index contributed by atoms with van der Waals surface area (Å²) in [6.07, 6.45) is 14.0. The Hall–Kier alpha value is -0.0800. The van der Waals surface area contributed by atoms with Gasteiger partial charge in [-0.15, -0.1) is 0 Å². The van der Waals surface area contributed by atoms with Crippen molar-refractivity contribution in [2.24, 2.45) is 17.6 Å². The van der Waals surface area contributed by atoms with E-state index in [1.165, 1.54) is 77.3 Å². The topological polar surface area (TPSA) is 29.3 Å². The maximum absolute atomic E-state index is 6.76. The molecular weight excluding hydrogens is 232 g/mol. The van der Waals surface area contributed by atoms with Crippen LogP contribution in [0.5, 0.6) is 0 Å². The summed E-state index contributed by atoms with van der Waals surface area (Å²) in [5.74, 6) is 1.83. The van der Waals surface area contributed by atoms with E-state index in [0.29, 0.717) is 0 Å². The van der Waals surface area contributed by atoms with Crippen LogP contribution in [0, 0.1) is 11.8 Å². The van der Waals surface area contributed by atoms with Crippen molar-refractivity contribution in [3.8, 4) is 0 Å². The van der Waals surface area contributed by atoms with E-state index in [9.17, 15) is 0 Å². The second-order valence-electron chi connectivity index (χ2n) is 7.79. The van der Waals surface area contributed by atoms with Gasteiger partial charge in [-0.25, -0.2) is 0 Å². The van der Waals surface area contributed by atoms with E-state index in [0.717, 1.165) is 17.9 Å². The molecule has 3 aliphatic rings. The second-order valence-corrected chi connectivity index (χ2v) is 7.79.